The topological polar surface area (TPSA) is 307 Å². The third-order valence-corrected chi connectivity index (χ3v) is 18.4. The van der Waals surface area contributed by atoms with Crippen LogP contribution in [0, 0.1) is 0 Å². The Morgan fingerprint density at radius 2 is 0.655 bits per heavy atom. The highest BCUT2D eigenvalue weighted by Gasteiger charge is 2.53. The Morgan fingerprint density at radius 3 is 1.00 bits per heavy atom. The van der Waals surface area contributed by atoms with E-state index in [1.807, 2.05) is 0 Å². The molecule has 3 heterocycles. The molecule has 3 fully saturated rings. The summed E-state index contributed by atoms with van der Waals surface area (Å²) in [4.78, 5) is 13.4. The first kappa shape index (κ1) is 80.0. The number of carbonyl (C=O) groups is 1. The van der Waals surface area contributed by atoms with Crippen molar-refractivity contribution in [2.75, 3.05) is 26.4 Å². The predicted molar refractivity (Wildman–Crippen MR) is 337 cm³/mol. The summed E-state index contributed by atoms with van der Waals surface area (Å²) in [6, 6.07) is -0.882. The van der Waals surface area contributed by atoms with Crippen LogP contribution in [0.5, 0.6) is 0 Å². The molecule has 0 aliphatic carbocycles. The summed E-state index contributed by atoms with van der Waals surface area (Å²) < 4.78 is 34.4. The highest BCUT2D eigenvalue weighted by Crippen LogP contribution is 2.33. The maximum atomic E-state index is 13.4. The van der Waals surface area contributed by atoms with Crippen LogP contribution in [0.3, 0.4) is 0 Å². The molecule has 12 N–H and O–H groups in total. The van der Waals surface area contributed by atoms with Crippen LogP contribution in [-0.4, -0.2) is 193 Å². The minimum Gasteiger partial charge on any atom is -0.394 e. The zero-order valence-corrected chi connectivity index (χ0v) is 54.5. The van der Waals surface area contributed by atoms with Crippen LogP contribution in [0.25, 0.3) is 0 Å². The quantitative estimate of drug-likeness (QED) is 0.0252. The summed E-state index contributed by atoms with van der Waals surface area (Å²) >= 11 is 0. The van der Waals surface area contributed by atoms with Crippen LogP contribution < -0.4 is 5.32 Å². The van der Waals surface area contributed by atoms with Crippen molar-refractivity contribution in [3.63, 3.8) is 0 Å². The van der Waals surface area contributed by atoms with E-state index in [4.69, 9.17) is 28.4 Å². The van der Waals surface area contributed by atoms with Gasteiger partial charge in [-0.15, -0.1) is 0 Å². The van der Waals surface area contributed by atoms with E-state index in [1.165, 1.54) is 218 Å². The van der Waals surface area contributed by atoms with E-state index in [1.54, 1.807) is 0 Å². The smallest absolute Gasteiger partial charge is 0.220 e. The standard InChI is InChI=1S/C68H131NO18/c1-3-5-7-9-11-13-15-17-19-21-23-24-25-26-27-28-29-31-33-35-37-39-41-43-45-52(73)51(69-56(74)46-44-42-40-38-36-34-32-30-22-20-18-16-14-12-10-8-6-4-2)50-82-66-62(80)59(77)64(54(48-71)84-66)87-68-63(81)60(78)65(55(49-72)85-68)86-67-61(79)58(76)57(75)53(47-70)83-67/h51-55,57-68,70-73,75-81H,3-50H2,1-2H3,(H,69,74). The minimum atomic E-state index is -1.97. The van der Waals surface area contributed by atoms with Crippen LogP contribution in [-0.2, 0) is 33.2 Å². The molecule has 0 spiro atoms. The summed E-state index contributed by atoms with van der Waals surface area (Å²) in [5, 5.41) is 121. The highest BCUT2D eigenvalue weighted by molar-refractivity contribution is 5.76. The SMILES string of the molecule is CCCCCCCCCCCCCCCCCCCCCCCCCCC(O)C(COC1OC(CO)C(OC2OC(CO)C(OC3OC(CO)C(O)C(O)C3O)C(O)C2O)C(O)C1O)NC(=O)CCCCCCCCCCCCCCCCCCCC. The molecule has 3 aliphatic rings. The van der Waals surface area contributed by atoms with Crippen LogP contribution in [0.1, 0.15) is 296 Å². The summed E-state index contributed by atoms with van der Waals surface area (Å²) in [7, 11) is 0. The molecule has 87 heavy (non-hydrogen) atoms. The lowest BCUT2D eigenvalue weighted by Gasteiger charge is -2.48. The van der Waals surface area contributed by atoms with Gasteiger partial charge in [0.1, 0.15) is 73.2 Å². The number of aliphatic hydroxyl groups excluding tert-OH is 11. The monoisotopic (exact) mass is 1250 g/mol. The summed E-state index contributed by atoms with van der Waals surface area (Å²) in [5.74, 6) is -0.235. The van der Waals surface area contributed by atoms with Crippen molar-refractivity contribution in [3.8, 4) is 0 Å². The Balaban J connectivity index is 1.42. The first-order chi connectivity index (χ1) is 42.3. The fraction of sp³-hybridized carbons (Fsp3) is 0.985. The first-order valence-corrected chi connectivity index (χ1v) is 35.8. The van der Waals surface area contributed by atoms with E-state index in [-0.39, 0.29) is 18.9 Å². The number of rotatable bonds is 56. The molecular weight excluding hydrogens is 1120 g/mol. The third kappa shape index (κ3) is 33.5. The molecule has 3 rings (SSSR count). The van der Waals surface area contributed by atoms with Gasteiger partial charge >= 0.3 is 0 Å². The van der Waals surface area contributed by atoms with Crippen molar-refractivity contribution in [1.29, 1.82) is 0 Å². The first-order valence-electron chi connectivity index (χ1n) is 35.8. The number of unbranched alkanes of at least 4 members (excludes halogenated alkanes) is 40. The van der Waals surface area contributed by atoms with Gasteiger partial charge in [0.15, 0.2) is 18.9 Å². The van der Waals surface area contributed by atoms with Gasteiger partial charge in [0.05, 0.1) is 38.6 Å². The van der Waals surface area contributed by atoms with Gasteiger partial charge in [0.2, 0.25) is 5.91 Å². The van der Waals surface area contributed by atoms with Gasteiger partial charge in [-0.3, -0.25) is 4.79 Å². The van der Waals surface area contributed by atoms with Gasteiger partial charge in [-0.2, -0.15) is 0 Å². The zero-order chi connectivity index (χ0) is 63.3. The number of aliphatic hydroxyl groups is 11. The average Bonchev–Trinajstić information content (AvgIpc) is 2.88. The molecule has 19 heteroatoms. The second-order valence-corrected chi connectivity index (χ2v) is 26.1. The van der Waals surface area contributed by atoms with Gasteiger partial charge in [0, 0.05) is 6.42 Å². The Labute approximate surface area is 525 Å². The normalized spacial score (nSPS) is 28.5. The molecule has 3 aliphatic heterocycles. The lowest BCUT2D eigenvalue weighted by atomic mass is 9.96. The predicted octanol–water partition coefficient (Wildman–Crippen LogP) is 9.50. The van der Waals surface area contributed by atoms with Crippen LogP contribution in [0.15, 0.2) is 0 Å². The molecule has 0 bridgehead atoms. The average molecular weight is 1250 g/mol. The van der Waals surface area contributed by atoms with E-state index >= 15 is 0 Å². The molecule has 0 saturated carbocycles. The maximum Gasteiger partial charge on any atom is 0.220 e. The molecular formula is C68H131NO18. The fourth-order valence-electron chi connectivity index (χ4n) is 12.6. The zero-order valence-electron chi connectivity index (χ0n) is 54.5. The third-order valence-electron chi connectivity index (χ3n) is 18.4. The number of hydrogen-bond donors (Lipinski definition) is 12. The van der Waals surface area contributed by atoms with Crippen molar-refractivity contribution < 1.29 is 89.4 Å². The Kier molecular flexibility index (Phi) is 47.1. The second kappa shape index (κ2) is 51.2. The van der Waals surface area contributed by atoms with Gasteiger partial charge in [0.25, 0.3) is 0 Å². The second-order valence-electron chi connectivity index (χ2n) is 26.1. The van der Waals surface area contributed by atoms with Crippen molar-refractivity contribution in [2.45, 2.75) is 401 Å². The van der Waals surface area contributed by atoms with Gasteiger partial charge in [-0.25, -0.2) is 0 Å². The largest absolute Gasteiger partial charge is 0.394 e. The minimum absolute atomic E-state index is 0.235. The maximum absolute atomic E-state index is 13.4. The number of nitrogens with one attached hydrogen (secondary N) is 1. The summed E-state index contributed by atoms with van der Waals surface area (Å²) in [6.07, 6.45) is 27.5. The van der Waals surface area contributed by atoms with E-state index < -0.39 is 124 Å². The molecule has 3 saturated heterocycles. The molecule has 0 aromatic rings. The summed E-state index contributed by atoms with van der Waals surface area (Å²) in [6.45, 7) is 1.85. The molecule has 0 aromatic heterocycles. The molecule has 0 radical (unpaired) electrons. The van der Waals surface area contributed by atoms with Crippen LogP contribution in [0.2, 0.25) is 0 Å². The molecule has 516 valence electrons. The highest BCUT2D eigenvalue weighted by atomic mass is 16.8. The molecule has 17 unspecified atom stereocenters. The lowest BCUT2D eigenvalue weighted by Crippen LogP contribution is -2.66. The van der Waals surface area contributed by atoms with E-state index in [9.17, 15) is 61.0 Å². The van der Waals surface area contributed by atoms with Crippen molar-refractivity contribution >= 4 is 5.91 Å². The van der Waals surface area contributed by atoms with Crippen LogP contribution in [0.4, 0.5) is 0 Å². The Morgan fingerprint density at radius 1 is 0.368 bits per heavy atom. The molecule has 19 nitrogen and oxygen atoms in total. The van der Waals surface area contributed by atoms with E-state index in [2.05, 4.69) is 19.2 Å². The Bertz CT molecular complexity index is 1590. The number of hydrogen-bond acceptors (Lipinski definition) is 18. The van der Waals surface area contributed by atoms with Crippen molar-refractivity contribution in [3.05, 3.63) is 0 Å². The number of ether oxygens (including phenoxy) is 6. The van der Waals surface area contributed by atoms with Gasteiger partial charge in [-0.05, 0) is 12.8 Å². The molecule has 17 atom stereocenters. The summed E-state index contributed by atoms with van der Waals surface area (Å²) in [5.41, 5.74) is 0. The van der Waals surface area contributed by atoms with Crippen molar-refractivity contribution in [2.24, 2.45) is 0 Å². The van der Waals surface area contributed by atoms with E-state index in [0.29, 0.717) is 12.8 Å². The van der Waals surface area contributed by atoms with Gasteiger partial charge < -0.3 is 89.9 Å². The molecule has 1 amide bonds. The molecule has 0 aromatic carbocycles. The van der Waals surface area contributed by atoms with Crippen LogP contribution >= 0.6 is 0 Å². The van der Waals surface area contributed by atoms with Gasteiger partial charge in [-0.1, -0.05) is 277 Å². The number of amides is 1. The Hall–Kier alpha value is -1.21. The lowest BCUT2D eigenvalue weighted by molar-refractivity contribution is -0.379. The van der Waals surface area contributed by atoms with Crippen molar-refractivity contribution in [1.82, 2.24) is 5.32 Å². The van der Waals surface area contributed by atoms with E-state index in [0.717, 1.165) is 44.9 Å². The fourth-order valence-corrected chi connectivity index (χ4v) is 12.6. The number of carbonyl (C=O) groups excluding carboxylic acids is 1.